The molecule has 0 bridgehead atoms. The average Bonchev–Trinajstić information content (AvgIpc) is 3.08. The molecule has 0 spiro atoms. The summed E-state index contributed by atoms with van der Waals surface area (Å²) in [6.45, 7) is 1.15. The maximum absolute atomic E-state index is 13.4. The standard InChI is InChI=1S/C19H18F2N4O/c20-15-7-6-13(10-16(15)21)22-14-4-3-9-25(11-14)19(26)17-12-24-8-2-1-5-18(24)23-17/h1-2,5-8,10,12,14,22H,3-4,9,11H2/t14-/m1/s1. The van der Waals surface area contributed by atoms with Crippen molar-refractivity contribution in [3.8, 4) is 0 Å². The van der Waals surface area contributed by atoms with Gasteiger partial charge in [-0.25, -0.2) is 13.8 Å². The molecule has 1 aliphatic rings. The molecule has 0 unspecified atom stereocenters. The molecule has 1 aliphatic heterocycles. The highest BCUT2D eigenvalue weighted by Gasteiger charge is 2.26. The van der Waals surface area contributed by atoms with Crippen molar-refractivity contribution in [3.05, 3.63) is 66.1 Å². The van der Waals surface area contributed by atoms with E-state index in [1.54, 1.807) is 11.1 Å². The quantitative estimate of drug-likeness (QED) is 0.783. The SMILES string of the molecule is O=C(c1cn2ccccc2n1)N1CCC[C@@H](Nc2ccc(F)c(F)c2)C1. The lowest BCUT2D eigenvalue weighted by Gasteiger charge is -2.33. The topological polar surface area (TPSA) is 49.6 Å². The molecular weight excluding hydrogens is 338 g/mol. The van der Waals surface area contributed by atoms with Crippen molar-refractivity contribution in [2.24, 2.45) is 0 Å². The zero-order valence-electron chi connectivity index (χ0n) is 14.0. The second-order valence-corrected chi connectivity index (χ2v) is 6.46. The molecule has 4 rings (SSSR count). The minimum Gasteiger partial charge on any atom is -0.380 e. The molecule has 2 aromatic heterocycles. The summed E-state index contributed by atoms with van der Waals surface area (Å²) in [6.07, 6.45) is 5.27. The highest BCUT2D eigenvalue weighted by molar-refractivity contribution is 5.93. The Hall–Kier alpha value is -2.96. The fourth-order valence-electron chi connectivity index (χ4n) is 3.30. The van der Waals surface area contributed by atoms with Crippen LogP contribution in [0.25, 0.3) is 5.65 Å². The Morgan fingerprint density at radius 3 is 2.88 bits per heavy atom. The number of likely N-dealkylation sites (tertiary alicyclic amines) is 1. The van der Waals surface area contributed by atoms with Crippen LogP contribution >= 0.6 is 0 Å². The second-order valence-electron chi connectivity index (χ2n) is 6.46. The Morgan fingerprint density at radius 2 is 2.08 bits per heavy atom. The summed E-state index contributed by atoms with van der Waals surface area (Å²) in [7, 11) is 0. The van der Waals surface area contributed by atoms with Crippen LogP contribution in [0.1, 0.15) is 23.3 Å². The molecular formula is C19H18F2N4O. The van der Waals surface area contributed by atoms with Crippen LogP contribution in [-0.4, -0.2) is 39.3 Å². The number of benzene rings is 1. The van der Waals surface area contributed by atoms with Gasteiger partial charge in [0.15, 0.2) is 11.6 Å². The summed E-state index contributed by atoms with van der Waals surface area (Å²) in [5, 5.41) is 3.19. The summed E-state index contributed by atoms with van der Waals surface area (Å²) in [5.41, 5.74) is 1.64. The molecule has 1 atom stereocenters. The van der Waals surface area contributed by atoms with Crippen LogP contribution in [-0.2, 0) is 0 Å². The number of rotatable bonds is 3. The molecule has 1 N–H and O–H groups in total. The van der Waals surface area contributed by atoms with Gasteiger partial charge >= 0.3 is 0 Å². The summed E-state index contributed by atoms with van der Waals surface area (Å²) < 4.78 is 28.2. The Bertz CT molecular complexity index is 923. The third kappa shape index (κ3) is 3.24. The second kappa shape index (κ2) is 6.74. The Balaban J connectivity index is 1.47. The predicted molar refractivity (Wildman–Crippen MR) is 94.1 cm³/mol. The van der Waals surface area contributed by atoms with Crippen LogP contribution < -0.4 is 5.32 Å². The van der Waals surface area contributed by atoms with Crippen LogP contribution in [0.3, 0.4) is 0 Å². The van der Waals surface area contributed by atoms with Crippen molar-refractivity contribution in [2.75, 3.05) is 18.4 Å². The number of nitrogens with one attached hydrogen (secondary N) is 1. The van der Waals surface area contributed by atoms with E-state index in [9.17, 15) is 13.6 Å². The summed E-state index contributed by atoms with van der Waals surface area (Å²) in [5.74, 6) is -1.88. The van der Waals surface area contributed by atoms with Gasteiger partial charge in [-0.05, 0) is 37.1 Å². The van der Waals surface area contributed by atoms with E-state index in [0.29, 0.717) is 24.5 Å². The molecule has 1 amide bonds. The number of imidazole rings is 1. The van der Waals surface area contributed by atoms with Gasteiger partial charge in [0.2, 0.25) is 0 Å². The molecule has 134 valence electrons. The Labute approximate surface area is 149 Å². The van der Waals surface area contributed by atoms with E-state index >= 15 is 0 Å². The van der Waals surface area contributed by atoms with Gasteiger partial charge < -0.3 is 14.6 Å². The third-order valence-electron chi connectivity index (χ3n) is 4.58. The van der Waals surface area contributed by atoms with Crippen molar-refractivity contribution in [3.63, 3.8) is 0 Å². The minimum absolute atomic E-state index is 0.0189. The van der Waals surface area contributed by atoms with Crippen molar-refractivity contribution in [1.82, 2.24) is 14.3 Å². The number of carbonyl (C=O) groups is 1. The van der Waals surface area contributed by atoms with Gasteiger partial charge in [0, 0.05) is 43.3 Å². The van der Waals surface area contributed by atoms with Gasteiger partial charge in [0.05, 0.1) is 0 Å². The Kier molecular flexibility index (Phi) is 4.28. The van der Waals surface area contributed by atoms with Crippen molar-refractivity contribution in [1.29, 1.82) is 0 Å². The Morgan fingerprint density at radius 1 is 1.19 bits per heavy atom. The van der Waals surface area contributed by atoms with Crippen LogP contribution in [0, 0.1) is 11.6 Å². The maximum atomic E-state index is 13.4. The number of carbonyl (C=O) groups excluding carboxylic acids is 1. The molecule has 0 aliphatic carbocycles. The lowest BCUT2D eigenvalue weighted by atomic mass is 10.0. The molecule has 0 radical (unpaired) electrons. The van der Waals surface area contributed by atoms with Gasteiger partial charge in [-0.15, -0.1) is 0 Å². The number of anilines is 1. The molecule has 1 saturated heterocycles. The van der Waals surface area contributed by atoms with Crippen LogP contribution in [0.2, 0.25) is 0 Å². The number of aromatic nitrogens is 2. The lowest BCUT2D eigenvalue weighted by Crippen LogP contribution is -2.45. The summed E-state index contributed by atoms with van der Waals surface area (Å²) >= 11 is 0. The smallest absolute Gasteiger partial charge is 0.274 e. The van der Waals surface area contributed by atoms with Gasteiger partial charge in [0.25, 0.3) is 5.91 Å². The first-order chi connectivity index (χ1) is 12.6. The third-order valence-corrected chi connectivity index (χ3v) is 4.58. The molecule has 1 aromatic carbocycles. The first kappa shape index (κ1) is 16.5. The maximum Gasteiger partial charge on any atom is 0.274 e. The van der Waals surface area contributed by atoms with Crippen molar-refractivity contribution >= 4 is 17.2 Å². The van der Waals surface area contributed by atoms with Gasteiger partial charge in [0.1, 0.15) is 11.3 Å². The predicted octanol–water partition coefficient (Wildman–Crippen LogP) is 3.33. The minimum atomic E-state index is -0.886. The van der Waals surface area contributed by atoms with E-state index in [1.807, 2.05) is 28.8 Å². The summed E-state index contributed by atoms with van der Waals surface area (Å²) in [6, 6.07) is 9.32. The average molecular weight is 356 g/mol. The van der Waals surface area contributed by atoms with E-state index < -0.39 is 11.6 Å². The van der Waals surface area contributed by atoms with Crippen molar-refractivity contribution < 1.29 is 13.6 Å². The van der Waals surface area contributed by atoms with E-state index in [0.717, 1.165) is 30.6 Å². The lowest BCUT2D eigenvalue weighted by molar-refractivity contribution is 0.0709. The molecule has 0 saturated carbocycles. The number of fused-ring (bicyclic) bond motifs is 1. The first-order valence-corrected chi connectivity index (χ1v) is 8.55. The zero-order chi connectivity index (χ0) is 18.1. The highest BCUT2D eigenvalue weighted by Crippen LogP contribution is 2.20. The van der Waals surface area contributed by atoms with E-state index in [-0.39, 0.29) is 11.9 Å². The van der Waals surface area contributed by atoms with Crippen LogP contribution in [0.5, 0.6) is 0 Å². The molecule has 26 heavy (non-hydrogen) atoms. The van der Waals surface area contributed by atoms with E-state index in [2.05, 4.69) is 10.3 Å². The number of piperidine rings is 1. The van der Waals surface area contributed by atoms with E-state index in [1.165, 1.54) is 6.07 Å². The van der Waals surface area contributed by atoms with Crippen LogP contribution in [0.4, 0.5) is 14.5 Å². The zero-order valence-corrected chi connectivity index (χ0v) is 14.0. The van der Waals surface area contributed by atoms with Crippen molar-refractivity contribution in [2.45, 2.75) is 18.9 Å². The largest absolute Gasteiger partial charge is 0.380 e. The fraction of sp³-hybridized carbons (Fsp3) is 0.263. The first-order valence-electron chi connectivity index (χ1n) is 8.55. The van der Waals surface area contributed by atoms with Gasteiger partial charge in [-0.3, -0.25) is 4.79 Å². The highest BCUT2D eigenvalue weighted by atomic mass is 19.2. The monoisotopic (exact) mass is 356 g/mol. The van der Waals surface area contributed by atoms with E-state index in [4.69, 9.17) is 0 Å². The number of amides is 1. The molecule has 3 aromatic rings. The summed E-state index contributed by atoms with van der Waals surface area (Å²) in [4.78, 5) is 18.9. The van der Waals surface area contributed by atoms with Gasteiger partial charge in [-0.2, -0.15) is 0 Å². The van der Waals surface area contributed by atoms with Gasteiger partial charge in [-0.1, -0.05) is 6.07 Å². The van der Waals surface area contributed by atoms with Crippen LogP contribution in [0.15, 0.2) is 48.8 Å². The number of nitrogens with zero attached hydrogens (tertiary/aromatic N) is 3. The number of pyridine rings is 1. The molecule has 1 fully saturated rings. The number of hydrogen-bond acceptors (Lipinski definition) is 3. The molecule has 3 heterocycles. The molecule has 7 heteroatoms. The normalized spacial score (nSPS) is 17.5. The molecule has 5 nitrogen and oxygen atoms in total. The number of hydrogen-bond donors (Lipinski definition) is 1. The number of halogens is 2. The fourth-order valence-corrected chi connectivity index (χ4v) is 3.30.